The van der Waals surface area contributed by atoms with Gasteiger partial charge in [0.2, 0.25) is 5.89 Å². The Labute approximate surface area is 152 Å². The summed E-state index contributed by atoms with van der Waals surface area (Å²) in [6.45, 7) is 10.1. The molecule has 0 fully saturated rings. The van der Waals surface area contributed by atoms with Crippen LogP contribution in [0, 0.1) is 20.8 Å². The predicted octanol–water partition coefficient (Wildman–Crippen LogP) is 3.62. The molecule has 7 nitrogen and oxygen atoms in total. The zero-order valence-electron chi connectivity index (χ0n) is 15.7. The van der Waals surface area contributed by atoms with E-state index in [1.54, 1.807) is 10.7 Å². The molecular formula is C19H23N5O2. The molecule has 0 atom stereocenters. The van der Waals surface area contributed by atoms with Crippen molar-refractivity contribution in [2.45, 2.75) is 47.1 Å². The monoisotopic (exact) mass is 353 g/mol. The fraction of sp³-hybridized carbons (Fsp3) is 0.368. The number of nitrogens with one attached hydrogen (secondary N) is 1. The van der Waals surface area contributed by atoms with E-state index in [0.29, 0.717) is 18.0 Å². The SMILES string of the molecule is Cc1ccc(Cc2nnc(NC(=O)c3cc(C)n(C(C)C)n3)o2)cc1C. The molecule has 1 aromatic carbocycles. The summed E-state index contributed by atoms with van der Waals surface area (Å²) in [5, 5.41) is 14.8. The number of aryl methyl sites for hydroxylation is 3. The van der Waals surface area contributed by atoms with Crippen molar-refractivity contribution in [2.24, 2.45) is 0 Å². The number of rotatable bonds is 5. The summed E-state index contributed by atoms with van der Waals surface area (Å²) in [6, 6.07) is 8.19. The lowest BCUT2D eigenvalue weighted by atomic mass is 10.0. The maximum atomic E-state index is 12.3. The minimum atomic E-state index is -0.367. The van der Waals surface area contributed by atoms with Crippen LogP contribution in [0.3, 0.4) is 0 Å². The molecule has 1 amide bonds. The predicted molar refractivity (Wildman–Crippen MR) is 98.3 cm³/mol. The number of carbonyl (C=O) groups excluding carboxylic acids is 1. The molecule has 26 heavy (non-hydrogen) atoms. The van der Waals surface area contributed by atoms with Crippen molar-refractivity contribution < 1.29 is 9.21 Å². The van der Waals surface area contributed by atoms with E-state index >= 15 is 0 Å². The van der Waals surface area contributed by atoms with Gasteiger partial charge in [0.15, 0.2) is 5.69 Å². The molecule has 3 rings (SSSR count). The maximum absolute atomic E-state index is 12.3. The smallest absolute Gasteiger partial charge is 0.322 e. The van der Waals surface area contributed by atoms with E-state index < -0.39 is 0 Å². The normalized spacial score (nSPS) is 11.2. The second-order valence-electron chi connectivity index (χ2n) is 6.76. The Bertz CT molecular complexity index is 939. The lowest BCUT2D eigenvalue weighted by Gasteiger charge is -2.06. The number of hydrogen-bond donors (Lipinski definition) is 1. The second-order valence-corrected chi connectivity index (χ2v) is 6.76. The number of hydrogen-bond acceptors (Lipinski definition) is 5. The number of nitrogens with zero attached hydrogens (tertiary/aromatic N) is 4. The minimum absolute atomic E-state index is 0.0746. The lowest BCUT2D eigenvalue weighted by Crippen LogP contribution is -2.14. The van der Waals surface area contributed by atoms with Gasteiger partial charge in [0, 0.05) is 11.7 Å². The minimum Gasteiger partial charge on any atom is -0.407 e. The summed E-state index contributed by atoms with van der Waals surface area (Å²) in [5.74, 6) is 0.0846. The van der Waals surface area contributed by atoms with Gasteiger partial charge in [-0.1, -0.05) is 23.3 Å². The van der Waals surface area contributed by atoms with E-state index in [1.807, 2.05) is 26.8 Å². The van der Waals surface area contributed by atoms with Crippen LogP contribution in [0.4, 0.5) is 6.01 Å². The Morgan fingerprint density at radius 1 is 1.15 bits per heavy atom. The zero-order valence-corrected chi connectivity index (χ0v) is 15.7. The summed E-state index contributed by atoms with van der Waals surface area (Å²) in [6.07, 6.45) is 0.519. The first-order valence-corrected chi connectivity index (χ1v) is 8.59. The Morgan fingerprint density at radius 2 is 1.92 bits per heavy atom. The van der Waals surface area contributed by atoms with Crippen LogP contribution in [0.2, 0.25) is 0 Å². The second kappa shape index (κ2) is 7.11. The number of anilines is 1. The van der Waals surface area contributed by atoms with Crippen molar-refractivity contribution in [3.8, 4) is 0 Å². The highest BCUT2D eigenvalue weighted by atomic mass is 16.4. The van der Waals surface area contributed by atoms with Crippen LogP contribution in [0.5, 0.6) is 0 Å². The van der Waals surface area contributed by atoms with Crippen LogP contribution in [0.15, 0.2) is 28.7 Å². The first kappa shape index (κ1) is 17.8. The third kappa shape index (κ3) is 3.82. The Kier molecular flexibility index (Phi) is 4.88. The van der Waals surface area contributed by atoms with Gasteiger partial charge in [-0.2, -0.15) is 5.10 Å². The van der Waals surface area contributed by atoms with E-state index in [4.69, 9.17) is 4.42 Å². The summed E-state index contributed by atoms with van der Waals surface area (Å²) >= 11 is 0. The lowest BCUT2D eigenvalue weighted by molar-refractivity contribution is 0.101. The van der Waals surface area contributed by atoms with Crippen LogP contribution in [-0.2, 0) is 6.42 Å². The largest absolute Gasteiger partial charge is 0.407 e. The first-order valence-electron chi connectivity index (χ1n) is 8.59. The molecular weight excluding hydrogens is 330 g/mol. The van der Waals surface area contributed by atoms with Crippen molar-refractivity contribution in [3.63, 3.8) is 0 Å². The van der Waals surface area contributed by atoms with Gasteiger partial charge in [0.1, 0.15) is 0 Å². The summed E-state index contributed by atoms with van der Waals surface area (Å²) in [7, 11) is 0. The molecule has 3 aromatic rings. The molecule has 0 saturated heterocycles. The van der Waals surface area contributed by atoms with Crippen LogP contribution in [-0.4, -0.2) is 25.9 Å². The van der Waals surface area contributed by atoms with Crippen molar-refractivity contribution >= 4 is 11.9 Å². The fourth-order valence-corrected chi connectivity index (χ4v) is 2.75. The number of benzene rings is 1. The Morgan fingerprint density at radius 3 is 2.58 bits per heavy atom. The summed E-state index contributed by atoms with van der Waals surface area (Å²) < 4.78 is 7.35. The van der Waals surface area contributed by atoms with Gasteiger partial charge in [-0.3, -0.25) is 14.8 Å². The Hall–Kier alpha value is -2.96. The molecule has 0 aliphatic heterocycles. The van der Waals surface area contributed by atoms with Crippen molar-refractivity contribution in [1.29, 1.82) is 0 Å². The van der Waals surface area contributed by atoms with Gasteiger partial charge in [-0.15, -0.1) is 5.10 Å². The van der Waals surface area contributed by atoms with Crippen LogP contribution >= 0.6 is 0 Å². The molecule has 2 aromatic heterocycles. The molecule has 2 heterocycles. The highest BCUT2D eigenvalue weighted by Crippen LogP contribution is 2.16. The van der Waals surface area contributed by atoms with Gasteiger partial charge in [-0.05, 0) is 57.4 Å². The summed E-state index contributed by atoms with van der Waals surface area (Å²) in [4.78, 5) is 12.3. The van der Waals surface area contributed by atoms with E-state index in [9.17, 15) is 4.79 Å². The third-order valence-electron chi connectivity index (χ3n) is 4.26. The van der Waals surface area contributed by atoms with Crippen LogP contribution in [0.25, 0.3) is 0 Å². The quantitative estimate of drug-likeness (QED) is 0.757. The zero-order chi connectivity index (χ0) is 18.8. The molecule has 0 aliphatic rings. The van der Waals surface area contributed by atoms with Gasteiger partial charge in [0.25, 0.3) is 5.91 Å². The average molecular weight is 353 g/mol. The van der Waals surface area contributed by atoms with Crippen LogP contribution < -0.4 is 5.32 Å². The van der Waals surface area contributed by atoms with Gasteiger partial charge < -0.3 is 4.42 Å². The topological polar surface area (TPSA) is 85.8 Å². The van der Waals surface area contributed by atoms with Gasteiger partial charge in [0.05, 0.1) is 6.42 Å². The molecule has 7 heteroatoms. The molecule has 0 saturated carbocycles. The average Bonchev–Trinajstić information content (AvgIpc) is 3.17. The van der Waals surface area contributed by atoms with Crippen LogP contribution in [0.1, 0.15) is 58.7 Å². The van der Waals surface area contributed by atoms with E-state index in [0.717, 1.165) is 11.3 Å². The molecule has 1 N–H and O–H groups in total. The van der Waals surface area contributed by atoms with Crippen molar-refractivity contribution in [3.05, 3.63) is 58.2 Å². The molecule has 0 spiro atoms. The number of aromatic nitrogens is 4. The highest BCUT2D eigenvalue weighted by Gasteiger charge is 2.17. The Balaban J connectivity index is 1.69. The van der Waals surface area contributed by atoms with Crippen molar-refractivity contribution in [2.75, 3.05) is 5.32 Å². The number of amides is 1. The van der Waals surface area contributed by atoms with Gasteiger partial charge >= 0.3 is 6.01 Å². The van der Waals surface area contributed by atoms with E-state index in [2.05, 4.69) is 46.6 Å². The molecule has 136 valence electrons. The standard InChI is InChI=1S/C19H23N5O2/c1-11(2)24-14(5)9-16(23-24)18(25)20-19-22-21-17(26-19)10-15-7-6-12(3)13(4)8-15/h6-9,11H,10H2,1-5H3,(H,20,22,25). The highest BCUT2D eigenvalue weighted by molar-refractivity contribution is 6.01. The first-order chi connectivity index (χ1) is 12.3. The number of carbonyl (C=O) groups is 1. The van der Waals surface area contributed by atoms with Crippen molar-refractivity contribution in [1.82, 2.24) is 20.0 Å². The maximum Gasteiger partial charge on any atom is 0.322 e. The third-order valence-corrected chi connectivity index (χ3v) is 4.26. The molecule has 0 unspecified atom stereocenters. The van der Waals surface area contributed by atoms with E-state index in [1.165, 1.54) is 11.1 Å². The summed E-state index contributed by atoms with van der Waals surface area (Å²) in [5.41, 5.74) is 4.78. The van der Waals surface area contributed by atoms with Gasteiger partial charge in [-0.25, -0.2) is 0 Å². The molecule has 0 radical (unpaired) electrons. The van der Waals surface area contributed by atoms with E-state index in [-0.39, 0.29) is 18.0 Å². The molecule has 0 bridgehead atoms. The molecule has 0 aliphatic carbocycles. The fourth-order valence-electron chi connectivity index (χ4n) is 2.75.